The van der Waals surface area contributed by atoms with Crippen LogP contribution in [0.4, 0.5) is 5.69 Å². The van der Waals surface area contributed by atoms with Gasteiger partial charge in [0.25, 0.3) is 0 Å². The molecule has 0 aliphatic carbocycles. The molecule has 6 N–H and O–H groups in total. The minimum Gasteiger partial charge on any atom is -0.668 e. The number of nitrogens with two attached hydrogens (primary N) is 1. The van der Waals surface area contributed by atoms with E-state index in [1.54, 1.807) is 31.2 Å². The van der Waals surface area contributed by atoms with Gasteiger partial charge in [0.05, 0.1) is 19.1 Å². The standard InChI is InChI=1S/C8H9NO2.C6H13N3O2.Pd/c10-5-7-1-3-8(4-2-7)9-6-11;1-4(2-5(8)10)9-6(11)3-7;/h1-4,6,10H,5H2,(H,9,11);4H,2-3,7H2,1H3,(H3,8,9,10,11);/p-1/t;4-;/m.1./s1. The third-order valence-electron chi connectivity index (χ3n) is 2.45. The van der Waals surface area contributed by atoms with Crippen molar-refractivity contribution in [1.29, 1.82) is 0 Å². The fraction of sp³-hybridized carbons (Fsp3) is 0.357. The fourth-order valence-corrected chi connectivity index (χ4v) is 1.44. The molecule has 1 atom stereocenters. The van der Waals surface area contributed by atoms with Crippen LogP contribution in [-0.2, 0) is 41.4 Å². The number of rotatable bonds is 7. The molecule has 0 bridgehead atoms. The first-order chi connectivity index (χ1) is 10.4. The topological polar surface area (TPSA) is 145 Å². The Labute approximate surface area is 148 Å². The van der Waals surface area contributed by atoms with E-state index >= 15 is 0 Å². The molecular formula is C14H21N4O4Pd-. The van der Waals surface area contributed by atoms with E-state index in [9.17, 15) is 14.4 Å². The van der Waals surface area contributed by atoms with Gasteiger partial charge in [0.15, 0.2) is 0 Å². The van der Waals surface area contributed by atoms with Gasteiger partial charge in [-0.05, 0) is 24.6 Å². The van der Waals surface area contributed by atoms with Gasteiger partial charge in [-0.2, -0.15) is 0 Å². The molecule has 0 radical (unpaired) electrons. The normalized spacial score (nSPS) is 10.2. The van der Waals surface area contributed by atoms with E-state index in [0.717, 1.165) is 11.3 Å². The molecule has 0 heterocycles. The van der Waals surface area contributed by atoms with Crippen molar-refractivity contribution in [2.24, 2.45) is 5.73 Å². The van der Waals surface area contributed by atoms with Crippen molar-refractivity contribution in [2.75, 3.05) is 11.9 Å². The Morgan fingerprint density at radius 3 is 2.30 bits per heavy atom. The summed E-state index contributed by atoms with van der Waals surface area (Å²) in [5.41, 5.74) is 13.2. The van der Waals surface area contributed by atoms with Crippen LogP contribution in [0.1, 0.15) is 18.9 Å². The average Bonchev–Trinajstić information content (AvgIpc) is 2.48. The number of amides is 3. The smallest absolute Gasteiger partial charge is 0.233 e. The van der Waals surface area contributed by atoms with Crippen LogP contribution in [-0.4, -0.2) is 35.9 Å². The van der Waals surface area contributed by atoms with Crippen LogP contribution in [0.25, 0.3) is 5.73 Å². The summed E-state index contributed by atoms with van der Waals surface area (Å²) < 4.78 is 0. The number of aliphatic hydroxyl groups excluding tert-OH is 1. The van der Waals surface area contributed by atoms with Gasteiger partial charge < -0.3 is 32.0 Å². The van der Waals surface area contributed by atoms with Crippen molar-refractivity contribution >= 4 is 23.9 Å². The van der Waals surface area contributed by atoms with Crippen LogP contribution in [0.5, 0.6) is 0 Å². The molecule has 9 heteroatoms. The molecule has 0 saturated carbocycles. The number of aliphatic hydroxyl groups is 1. The minimum absolute atomic E-state index is 0. The molecule has 0 unspecified atom stereocenters. The molecule has 0 aliphatic rings. The van der Waals surface area contributed by atoms with Crippen molar-refractivity contribution < 1.29 is 39.9 Å². The zero-order chi connectivity index (χ0) is 17.0. The Bertz CT molecular complexity index is 482. The summed E-state index contributed by atoms with van der Waals surface area (Å²) in [5, 5.41) is 13.6. The van der Waals surface area contributed by atoms with Crippen molar-refractivity contribution in [3.05, 3.63) is 35.6 Å². The molecule has 1 rings (SSSR count). The molecule has 1 aromatic rings. The summed E-state index contributed by atoms with van der Waals surface area (Å²) in [6, 6.07) is 6.69. The zero-order valence-corrected chi connectivity index (χ0v) is 14.2. The SMILES string of the molecule is C[C@H](CC([NH-])=O)NC(=O)CN.O=CNc1ccc(CO)cc1.[Pd]. The van der Waals surface area contributed by atoms with Crippen LogP contribution in [0, 0.1) is 0 Å². The number of benzene rings is 1. The number of nitrogens with one attached hydrogen (secondary N) is 3. The summed E-state index contributed by atoms with van der Waals surface area (Å²) in [7, 11) is 0. The molecule has 23 heavy (non-hydrogen) atoms. The first kappa shape index (κ1) is 23.5. The van der Waals surface area contributed by atoms with Crippen LogP contribution in [0.2, 0.25) is 0 Å². The van der Waals surface area contributed by atoms with E-state index in [0.29, 0.717) is 6.41 Å². The van der Waals surface area contributed by atoms with Gasteiger partial charge in [0.2, 0.25) is 12.3 Å². The van der Waals surface area contributed by atoms with E-state index in [1.807, 2.05) is 0 Å². The van der Waals surface area contributed by atoms with E-state index in [-0.39, 0.29) is 51.9 Å². The van der Waals surface area contributed by atoms with Crippen molar-refractivity contribution in [1.82, 2.24) is 5.32 Å². The Morgan fingerprint density at radius 2 is 1.91 bits per heavy atom. The first-order valence-electron chi connectivity index (χ1n) is 6.56. The third-order valence-corrected chi connectivity index (χ3v) is 2.45. The summed E-state index contributed by atoms with van der Waals surface area (Å²) >= 11 is 0. The largest absolute Gasteiger partial charge is 0.668 e. The Balaban J connectivity index is 0. The predicted molar refractivity (Wildman–Crippen MR) is 82.7 cm³/mol. The Morgan fingerprint density at radius 1 is 1.35 bits per heavy atom. The molecule has 132 valence electrons. The molecular weight excluding hydrogens is 395 g/mol. The summed E-state index contributed by atoms with van der Waals surface area (Å²) in [6.45, 7) is 1.60. The fourth-order valence-electron chi connectivity index (χ4n) is 1.44. The molecule has 0 spiro atoms. The van der Waals surface area contributed by atoms with Gasteiger partial charge in [-0.15, -0.1) is 0 Å². The Hall–Kier alpha value is -1.79. The molecule has 0 fully saturated rings. The maximum atomic E-state index is 10.6. The average molecular weight is 416 g/mol. The van der Waals surface area contributed by atoms with Crippen LogP contribution >= 0.6 is 0 Å². The minimum atomic E-state index is -0.685. The number of hydrogen-bond donors (Lipinski definition) is 4. The van der Waals surface area contributed by atoms with E-state index in [1.165, 1.54) is 0 Å². The van der Waals surface area contributed by atoms with E-state index in [4.69, 9.17) is 16.6 Å². The molecule has 8 nitrogen and oxygen atoms in total. The van der Waals surface area contributed by atoms with Gasteiger partial charge in [0, 0.05) is 38.6 Å². The Kier molecular flexibility index (Phi) is 14.1. The van der Waals surface area contributed by atoms with Crippen molar-refractivity contribution in [2.45, 2.75) is 26.0 Å². The summed E-state index contributed by atoms with van der Waals surface area (Å²) in [4.78, 5) is 30.8. The van der Waals surface area contributed by atoms with E-state index < -0.39 is 5.91 Å². The van der Waals surface area contributed by atoms with Gasteiger partial charge in [0.1, 0.15) is 0 Å². The second kappa shape index (κ2) is 13.8. The maximum absolute atomic E-state index is 10.6. The van der Waals surface area contributed by atoms with E-state index in [2.05, 4.69) is 10.6 Å². The monoisotopic (exact) mass is 415 g/mol. The van der Waals surface area contributed by atoms with Crippen molar-refractivity contribution in [3.8, 4) is 0 Å². The quantitative estimate of drug-likeness (QED) is 0.370. The van der Waals surface area contributed by atoms with Gasteiger partial charge in [-0.3, -0.25) is 9.59 Å². The zero-order valence-electron chi connectivity index (χ0n) is 12.7. The molecule has 3 amide bonds. The van der Waals surface area contributed by atoms with Crippen LogP contribution in [0.3, 0.4) is 0 Å². The predicted octanol–water partition coefficient (Wildman–Crippen LogP) is 0.163. The van der Waals surface area contributed by atoms with Gasteiger partial charge in [-0.25, -0.2) is 0 Å². The van der Waals surface area contributed by atoms with Crippen LogP contribution < -0.4 is 16.4 Å². The summed E-state index contributed by atoms with van der Waals surface area (Å²) in [5.74, 6) is -0.992. The molecule has 1 aromatic carbocycles. The molecule has 0 aliphatic heterocycles. The molecule has 0 aromatic heterocycles. The number of anilines is 1. The number of carbonyl (C=O) groups is 3. The van der Waals surface area contributed by atoms with Gasteiger partial charge >= 0.3 is 0 Å². The van der Waals surface area contributed by atoms with Gasteiger partial charge in [-0.1, -0.05) is 12.1 Å². The first-order valence-corrected chi connectivity index (χ1v) is 6.56. The maximum Gasteiger partial charge on any atom is 0.233 e. The summed E-state index contributed by atoms with van der Waals surface area (Å²) in [6.07, 6.45) is 0.652. The molecule has 0 saturated heterocycles. The number of carbonyl (C=O) groups excluding carboxylic acids is 3. The van der Waals surface area contributed by atoms with Crippen molar-refractivity contribution in [3.63, 3.8) is 0 Å². The number of hydrogen-bond acceptors (Lipinski definition) is 5. The third kappa shape index (κ3) is 12.4. The van der Waals surface area contributed by atoms with Crippen LogP contribution in [0.15, 0.2) is 24.3 Å². The second-order valence-corrected chi connectivity index (χ2v) is 4.42. The second-order valence-electron chi connectivity index (χ2n) is 4.42.